The zero-order valence-electron chi connectivity index (χ0n) is 16.5. The summed E-state index contributed by atoms with van der Waals surface area (Å²) in [6.07, 6.45) is 0.693. The number of nitriles is 1. The van der Waals surface area contributed by atoms with Gasteiger partial charge in [-0.25, -0.2) is 14.4 Å². The molecule has 3 heterocycles. The standard InChI is InChI=1S/C20H18FN7O2/c1-10-13-6-11(21)4-5-12(13)20(29)27(2)9-15-17(16(7-22)28(3)26-15)14-8-24-18(23)19(25-14)30-10/h4-6,8,10H,9H2,1-3H3,(H2,23,24)/t10-/m1/s1. The molecule has 9 nitrogen and oxygen atoms in total. The molecule has 1 aromatic carbocycles. The van der Waals surface area contributed by atoms with E-state index in [1.165, 1.54) is 34.0 Å². The highest BCUT2D eigenvalue weighted by Crippen LogP contribution is 2.33. The zero-order valence-corrected chi connectivity index (χ0v) is 16.5. The summed E-state index contributed by atoms with van der Waals surface area (Å²) in [4.78, 5) is 23.2. The number of aromatic nitrogens is 4. The lowest BCUT2D eigenvalue weighted by molar-refractivity contribution is 0.0778. The fraction of sp³-hybridized carbons (Fsp3) is 0.250. The fourth-order valence-electron chi connectivity index (χ4n) is 3.47. The number of benzene rings is 1. The number of aryl methyl sites for hydroxylation is 1. The van der Waals surface area contributed by atoms with Crippen LogP contribution in [-0.4, -0.2) is 37.6 Å². The molecule has 0 radical (unpaired) electrons. The molecular formula is C20H18FN7O2. The van der Waals surface area contributed by atoms with Crippen molar-refractivity contribution in [2.75, 3.05) is 12.8 Å². The van der Waals surface area contributed by atoms with Crippen molar-refractivity contribution in [3.05, 3.63) is 52.7 Å². The van der Waals surface area contributed by atoms with Gasteiger partial charge in [0.2, 0.25) is 0 Å². The molecular weight excluding hydrogens is 389 g/mol. The summed E-state index contributed by atoms with van der Waals surface area (Å²) in [5.41, 5.74) is 8.10. The fourth-order valence-corrected chi connectivity index (χ4v) is 3.47. The van der Waals surface area contributed by atoms with Crippen molar-refractivity contribution in [2.45, 2.75) is 19.6 Å². The molecule has 2 N–H and O–H groups in total. The summed E-state index contributed by atoms with van der Waals surface area (Å²) in [5.74, 6) is -0.771. The summed E-state index contributed by atoms with van der Waals surface area (Å²) < 4.78 is 21.3. The van der Waals surface area contributed by atoms with Crippen molar-refractivity contribution in [1.29, 1.82) is 5.26 Å². The molecule has 0 saturated heterocycles. The number of hydrogen-bond donors (Lipinski definition) is 1. The van der Waals surface area contributed by atoms with E-state index in [0.29, 0.717) is 22.5 Å². The topological polar surface area (TPSA) is 123 Å². The van der Waals surface area contributed by atoms with Gasteiger partial charge >= 0.3 is 0 Å². The predicted molar refractivity (Wildman–Crippen MR) is 105 cm³/mol. The van der Waals surface area contributed by atoms with Crippen LogP contribution in [0.3, 0.4) is 0 Å². The Morgan fingerprint density at radius 2 is 2.13 bits per heavy atom. The second-order valence-electron chi connectivity index (χ2n) is 7.00. The number of amides is 1. The molecule has 1 aliphatic heterocycles. The first-order chi connectivity index (χ1) is 14.3. The SMILES string of the molecule is C[C@H]1Oc2nc(cnc2N)-c2c(nn(C)c2C#N)CN(C)C(=O)c2ccc(F)cc21. The van der Waals surface area contributed by atoms with Gasteiger partial charge in [0.25, 0.3) is 11.8 Å². The average Bonchev–Trinajstić information content (AvgIpc) is 3.03. The summed E-state index contributed by atoms with van der Waals surface area (Å²) >= 11 is 0. The van der Waals surface area contributed by atoms with Crippen molar-refractivity contribution in [3.63, 3.8) is 0 Å². The molecule has 1 aliphatic rings. The van der Waals surface area contributed by atoms with Gasteiger partial charge in [-0.2, -0.15) is 10.4 Å². The molecule has 1 atom stereocenters. The summed E-state index contributed by atoms with van der Waals surface area (Å²) in [6, 6.07) is 6.00. The predicted octanol–water partition coefficient (Wildman–Crippen LogP) is 2.20. The first-order valence-electron chi connectivity index (χ1n) is 9.10. The Balaban J connectivity index is 1.98. The van der Waals surface area contributed by atoms with Crippen molar-refractivity contribution in [1.82, 2.24) is 24.6 Å². The summed E-state index contributed by atoms with van der Waals surface area (Å²) in [7, 11) is 3.24. The Bertz CT molecular complexity index is 1210. The number of carbonyl (C=O) groups is 1. The van der Waals surface area contributed by atoms with Crippen molar-refractivity contribution in [3.8, 4) is 23.2 Å². The normalized spacial score (nSPS) is 15.9. The lowest BCUT2D eigenvalue weighted by Gasteiger charge is -2.23. The van der Waals surface area contributed by atoms with E-state index in [2.05, 4.69) is 21.1 Å². The third-order valence-electron chi connectivity index (χ3n) is 4.95. The van der Waals surface area contributed by atoms with Crippen LogP contribution < -0.4 is 10.5 Å². The van der Waals surface area contributed by atoms with Crippen LogP contribution >= 0.6 is 0 Å². The van der Waals surface area contributed by atoms with Crippen molar-refractivity contribution < 1.29 is 13.9 Å². The Morgan fingerprint density at radius 1 is 1.37 bits per heavy atom. The molecule has 0 fully saturated rings. The van der Waals surface area contributed by atoms with Crippen LogP contribution in [0, 0.1) is 17.1 Å². The van der Waals surface area contributed by atoms with E-state index < -0.39 is 11.9 Å². The highest BCUT2D eigenvalue weighted by Gasteiger charge is 2.27. The molecule has 0 unspecified atom stereocenters. The summed E-state index contributed by atoms with van der Waals surface area (Å²) in [5, 5.41) is 14.0. The number of carbonyl (C=O) groups excluding carboxylic acids is 1. The van der Waals surface area contributed by atoms with Crippen LogP contribution in [0.5, 0.6) is 5.88 Å². The van der Waals surface area contributed by atoms with Gasteiger partial charge < -0.3 is 15.4 Å². The summed E-state index contributed by atoms with van der Waals surface area (Å²) in [6.45, 7) is 1.78. The van der Waals surface area contributed by atoms with Crippen LogP contribution in [0.25, 0.3) is 11.3 Å². The minimum Gasteiger partial charge on any atom is -0.467 e. The number of hydrogen-bond acceptors (Lipinski definition) is 7. The maximum atomic E-state index is 14.0. The highest BCUT2D eigenvalue weighted by atomic mass is 19.1. The quantitative estimate of drug-likeness (QED) is 0.606. The lowest BCUT2D eigenvalue weighted by atomic mass is 10.0. The van der Waals surface area contributed by atoms with E-state index in [9.17, 15) is 14.4 Å². The minimum absolute atomic E-state index is 0.0234. The van der Waals surface area contributed by atoms with Crippen LogP contribution in [-0.2, 0) is 13.6 Å². The molecule has 2 aromatic heterocycles. The number of ether oxygens (including phenoxy) is 1. The monoisotopic (exact) mass is 407 g/mol. The smallest absolute Gasteiger partial charge is 0.258 e. The second kappa shape index (κ2) is 7.11. The number of nitrogens with zero attached hydrogens (tertiary/aromatic N) is 6. The largest absolute Gasteiger partial charge is 0.467 e. The van der Waals surface area contributed by atoms with Crippen LogP contribution in [0.15, 0.2) is 24.4 Å². The molecule has 10 heteroatoms. The molecule has 0 spiro atoms. The van der Waals surface area contributed by atoms with Crippen LogP contribution in [0.4, 0.5) is 10.2 Å². The molecule has 1 amide bonds. The third kappa shape index (κ3) is 3.10. The zero-order chi connectivity index (χ0) is 21.6. The maximum Gasteiger partial charge on any atom is 0.258 e. The molecule has 0 aliphatic carbocycles. The first-order valence-corrected chi connectivity index (χ1v) is 9.10. The van der Waals surface area contributed by atoms with E-state index in [1.807, 2.05) is 0 Å². The average molecular weight is 407 g/mol. The van der Waals surface area contributed by atoms with Gasteiger partial charge in [-0.1, -0.05) is 0 Å². The first kappa shape index (κ1) is 19.3. The number of nitrogen functional groups attached to an aromatic ring is 1. The van der Waals surface area contributed by atoms with Crippen molar-refractivity contribution >= 4 is 11.7 Å². The number of halogens is 1. The van der Waals surface area contributed by atoms with Gasteiger partial charge in [0.15, 0.2) is 5.82 Å². The second-order valence-corrected chi connectivity index (χ2v) is 7.00. The molecule has 152 valence electrons. The molecule has 2 bridgehead atoms. The molecule has 30 heavy (non-hydrogen) atoms. The van der Waals surface area contributed by atoms with E-state index in [-0.39, 0.29) is 35.4 Å². The van der Waals surface area contributed by atoms with E-state index in [0.717, 1.165) is 0 Å². The third-order valence-corrected chi connectivity index (χ3v) is 4.95. The van der Waals surface area contributed by atoms with E-state index in [4.69, 9.17) is 10.5 Å². The van der Waals surface area contributed by atoms with Crippen LogP contribution in [0.2, 0.25) is 0 Å². The Hall–Kier alpha value is -4.00. The Labute approximate surface area is 171 Å². The van der Waals surface area contributed by atoms with Gasteiger partial charge in [-0.3, -0.25) is 9.48 Å². The van der Waals surface area contributed by atoms with Crippen LogP contribution in [0.1, 0.15) is 40.3 Å². The van der Waals surface area contributed by atoms with Gasteiger partial charge in [0.1, 0.15) is 23.7 Å². The molecule has 0 saturated carbocycles. The van der Waals surface area contributed by atoms with E-state index >= 15 is 0 Å². The maximum absolute atomic E-state index is 14.0. The molecule has 3 aromatic rings. The Kier molecular flexibility index (Phi) is 4.58. The number of fused-ring (bicyclic) bond motifs is 5. The van der Waals surface area contributed by atoms with E-state index in [1.54, 1.807) is 21.0 Å². The van der Waals surface area contributed by atoms with Gasteiger partial charge in [0, 0.05) is 25.2 Å². The Morgan fingerprint density at radius 3 is 2.87 bits per heavy atom. The van der Waals surface area contributed by atoms with Gasteiger partial charge in [-0.15, -0.1) is 0 Å². The minimum atomic E-state index is -0.733. The van der Waals surface area contributed by atoms with Crippen molar-refractivity contribution in [2.24, 2.45) is 7.05 Å². The van der Waals surface area contributed by atoms with Gasteiger partial charge in [-0.05, 0) is 25.1 Å². The molecule has 4 rings (SSSR count). The highest BCUT2D eigenvalue weighted by molar-refractivity contribution is 5.95. The number of anilines is 1. The number of rotatable bonds is 0. The lowest BCUT2D eigenvalue weighted by Crippen LogP contribution is -2.28. The number of nitrogens with two attached hydrogens (primary N) is 1. The van der Waals surface area contributed by atoms with Gasteiger partial charge in [0.05, 0.1) is 29.7 Å².